The summed E-state index contributed by atoms with van der Waals surface area (Å²) in [7, 11) is 3.21. The van der Waals surface area contributed by atoms with E-state index >= 15 is 0 Å². The van der Waals surface area contributed by atoms with Crippen molar-refractivity contribution in [2.45, 2.75) is 6.10 Å². The third-order valence-corrected chi connectivity index (χ3v) is 4.11. The molecule has 0 aromatic heterocycles. The minimum atomic E-state index is -1.01. The zero-order valence-corrected chi connectivity index (χ0v) is 16.1. The second kappa shape index (κ2) is 8.87. The summed E-state index contributed by atoms with van der Waals surface area (Å²) in [5.41, 5.74) is 0.599. The zero-order chi connectivity index (χ0) is 18.4. The first-order chi connectivity index (χ1) is 11.9. The number of likely N-dealkylation sites (N-methyl/N-ethyl adjacent to an activating group) is 1. The van der Waals surface area contributed by atoms with Crippen LogP contribution < -0.4 is 4.74 Å². The predicted octanol–water partition coefficient (Wildman–Crippen LogP) is 3.85. The Hall–Kier alpha value is -2.05. The molecule has 2 aromatic carbocycles. The lowest BCUT2D eigenvalue weighted by Crippen LogP contribution is -2.32. The summed E-state index contributed by atoms with van der Waals surface area (Å²) in [5, 5.41) is 0.544. The molecular weight excluding hydrogens is 410 g/mol. The van der Waals surface area contributed by atoms with Gasteiger partial charge in [0.25, 0.3) is 5.91 Å². The van der Waals surface area contributed by atoms with Crippen LogP contribution >= 0.6 is 27.5 Å². The summed E-state index contributed by atoms with van der Waals surface area (Å²) in [4.78, 5) is 25.9. The number of nitrogens with zero attached hydrogens (tertiary/aromatic N) is 1. The normalized spacial score (nSPS) is 11.5. The van der Waals surface area contributed by atoms with Gasteiger partial charge in [0, 0.05) is 24.7 Å². The van der Waals surface area contributed by atoms with E-state index in [1.54, 1.807) is 56.6 Å². The van der Waals surface area contributed by atoms with E-state index in [1.807, 2.05) is 6.07 Å². The molecule has 1 amide bonds. The molecule has 1 atom stereocenters. The van der Waals surface area contributed by atoms with Gasteiger partial charge in [0.2, 0.25) is 6.10 Å². The highest BCUT2D eigenvalue weighted by Gasteiger charge is 2.26. The number of carbonyl (C=O) groups excluding carboxylic acids is 2. The fourth-order valence-corrected chi connectivity index (χ4v) is 2.81. The van der Waals surface area contributed by atoms with Crippen molar-refractivity contribution >= 4 is 39.4 Å². The standard InChI is InChI=1S/C18H17BrClNO4/c1-21(2)18(23)17(12-6-4-3-5-7-12)25-16(22)11-24-15-9-8-13(20)10-14(15)19/h3-10,17H,11H2,1-2H3. The highest BCUT2D eigenvalue weighted by atomic mass is 79.9. The van der Waals surface area contributed by atoms with Gasteiger partial charge in [-0.15, -0.1) is 0 Å². The van der Waals surface area contributed by atoms with E-state index in [0.29, 0.717) is 20.8 Å². The molecule has 0 aliphatic heterocycles. The van der Waals surface area contributed by atoms with Crippen molar-refractivity contribution in [1.82, 2.24) is 4.90 Å². The van der Waals surface area contributed by atoms with Crippen LogP contribution in [0.1, 0.15) is 11.7 Å². The molecule has 132 valence electrons. The number of rotatable bonds is 6. The molecule has 0 saturated heterocycles. The van der Waals surface area contributed by atoms with Gasteiger partial charge in [-0.3, -0.25) is 4.79 Å². The van der Waals surface area contributed by atoms with Gasteiger partial charge in [-0.05, 0) is 34.1 Å². The Morgan fingerprint density at radius 3 is 2.44 bits per heavy atom. The molecule has 2 rings (SSSR count). The molecule has 0 fully saturated rings. The maximum atomic E-state index is 12.3. The van der Waals surface area contributed by atoms with Gasteiger partial charge >= 0.3 is 5.97 Å². The largest absolute Gasteiger partial charge is 0.481 e. The fourth-order valence-electron chi connectivity index (χ4n) is 2.02. The van der Waals surface area contributed by atoms with Crippen molar-refractivity contribution in [3.63, 3.8) is 0 Å². The second-order valence-electron chi connectivity index (χ2n) is 5.38. The molecule has 7 heteroatoms. The first-order valence-corrected chi connectivity index (χ1v) is 8.59. The highest BCUT2D eigenvalue weighted by Crippen LogP contribution is 2.28. The van der Waals surface area contributed by atoms with Crippen LogP contribution in [0.5, 0.6) is 5.75 Å². The third kappa shape index (κ3) is 5.47. The first-order valence-electron chi connectivity index (χ1n) is 7.42. The zero-order valence-electron chi connectivity index (χ0n) is 13.7. The van der Waals surface area contributed by atoms with Crippen LogP contribution in [0.15, 0.2) is 53.0 Å². The van der Waals surface area contributed by atoms with Gasteiger partial charge in [-0.1, -0.05) is 41.9 Å². The van der Waals surface area contributed by atoms with Crippen LogP contribution in [0.3, 0.4) is 0 Å². The average Bonchev–Trinajstić information content (AvgIpc) is 2.59. The summed E-state index contributed by atoms with van der Waals surface area (Å²) < 4.78 is 11.4. The maximum absolute atomic E-state index is 12.3. The minimum Gasteiger partial charge on any atom is -0.481 e. The number of benzene rings is 2. The van der Waals surface area contributed by atoms with Gasteiger partial charge in [0.1, 0.15) is 5.75 Å². The SMILES string of the molecule is CN(C)C(=O)C(OC(=O)COc1ccc(Cl)cc1Br)c1ccccc1. The summed E-state index contributed by atoms with van der Waals surface area (Å²) in [5.74, 6) is -0.519. The van der Waals surface area contributed by atoms with Crippen molar-refractivity contribution in [2.75, 3.05) is 20.7 Å². The average molecular weight is 427 g/mol. The Morgan fingerprint density at radius 1 is 1.16 bits per heavy atom. The second-order valence-corrected chi connectivity index (χ2v) is 6.67. The van der Waals surface area contributed by atoms with Crippen molar-refractivity contribution in [1.29, 1.82) is 0 Å². The van der Waals surface area contributed by atoms with E-state index in [9.17, 15) is 9.59 Å². The first kappa shape index (κ1) is 19.3. The molecule has 2 aromatic rings. The van der Waals surface area contributed by atoms with Crippen LogP contribution in [0.2, 0.25) is 5.02 Å². The molecule has 5 nitrogen and oxygen atoms in total. The van der Waals surface area contributed by atoms with Crippen LogP contribution in [0.25, 0.3) is 0 Å². The molecule has 0 bridgehead atoms. The molecule has 1 unspecified atom stereocenters. The summed E-state index contributed by atoms with van der Waals surface area (Å²) in [6.45, 7) is -0.329. The number of amides is 1. The summed E-state index contributed by atoms with van der Waals surface area (Å²) in [6, 6.07) is 13.8. The van der Waals surface area contributed by atoms with E-state index in [4.69, 9.17) is 21.1 Å². The molecule has 0 N–H and O–H groups in total. The van der Waals surface area contributed by atoms with E-state index in [2.05, 4.69) is 15.9 Å². The van der Waals surface area contributed by atoms with Crippen molar-refractivity contribution in [3.8, 4) is 5.75 Å². The Kier molecular flexibility index (Phi) is 6.84. The number of carbonyl (C=O) groups is 2. The van der Waals surface area contributed by atoms with Crippen LogP contribution in [-0.4, -0.2) is 37.5 Å². The molecule has 0 aliphatic carbocycles. The predicted molar refractivity (Wildman–Crippen MR) is 98.6 cm³/mol. The van der Waals surface area contributed by atoms with Gasteiger partial charge in [0.05, 0.1) is 4.47 Å². The van der Waals surface area contributed by atoms with Gasteiger partial charge in [0.15, 0.2) is 6.61 Å². The lowest BCUT2D eigenvalue weighted by atomic mass is 10.1. The molecule has 0 spiro atoms. The molecule has 0 radical (unpaired) electrons. The van der Waals surface area contributed by atoms with Gasteiger partial charge in [-0.25, -0.2) is 4.79 Å². The minimum absolute atomic E-state index is 0.327. The molecule has 0 aliphatic rings. The lowest BCUT2D eigenvalue weighted by Gasteiger charge is -2.21. The van der Waals surface area contributed by atoms with E-state index in [1.165, 1.54) is 4.90 Å². The topological polar surface area (TPSA) is 55.8 Å². The van der Waals surface area contributed by atoms with E-state index in [-0.39, 0.29) is 12.5 Å². The Morgan fingerprint density at radius 2 is 1.84 bits per heavy atom. The number of hydrogen-bond acceptors (Lipinski definition) is 4. The highest BCUT2D eigenvalue weighted by molar-refractivity contribution is 9.10. The molecular formula is C18H17BrClNO4. The smallest absolute Gasteiger partial charge is 0.345 e. The Bertz CT molecular complexity index is 752. The van der Waals surface area contributed by atoms with Crippen molar-refractivity contribution < 1.29 is 19.1 Å². The van der Waals surface area contributed by atoms with Crippen molar-refractivity contribution in [3.05, 3.63) is 63.6 Å². The van der Waals surface area contributed by atoms with E-state index < -0.39 is 12.1 Å². The molecule has 0 heterocycles. The number of esters is 1. The van der Waals surface area contributed by atoms with Crippen molar-refractivity contribution in [2.24, 2.45) is 0 Å². The van der Waals surface area contributed by atoms with Crippen LogP contribution in [0, 0.1) is 0 Å². The van der Waals surface area contributed by atoms with Crippen LogP contribution in [0.4, 0.5) is 0 Å². The quantitative estimate of drug-likeness (QED) is 0.658. The van der Waals surface area contributed by atoms with Crippen LogP contribution in [-0.2, 0) is 14.3 Å². The Balaban J connectivity index is 2.05. The number of halogens is 2. The third-order valence-electron chi connectivity index (χ3n) is 3.26. The molecule has 0 saturated carbocycles. The number of ether oxygens (including phenoxy) is 2. The van der Waals surface area contributed by atoms with Gasteiger partial charge < -0.3 is 14.4 Å². The van der Waals surface area contributed by atoms with E-state index in [0.717, 1.165) is 0 Å². The summed E-state index contributed by atoms with van der Waals surface area (Å²) >= 11 is 9.17. The lowest BCUT2D eigenvalue weighted by molar-refractivity contribution is -0.161. The fraction of sp³-hybridized carbons (Fsp3) is 0.222. The molecule has 25 heavy (non-hydrogen) atoms. The maximum Gasteiger partial charge on any atom is 0.345 e. The number of hydrogen-bond donors (Lipinski definition) is 0. The Labute approximate surface area is 159 Å². The monoisotopic (exact) mass is 425 g/mol. The van der Waals surface area contributed by atoms with Gasteiger partial charge in [-0.2, -0.15) is 0 Å². The summed E-state index contributed by atoms with van der Waals surface area (Å²) in [6.07, 6.45) is -1.01.